The Labute approximate surface area is 215 Å². The Hall–Kier alpha value is -3.90. The Morgan fingerprint density at radius 2 is 1.25 bits per heavy atom. The number of para-hydroxylation sites is 1. The van der Waals surface area contributed by atoms with E-state index in [-0.39, 0.29) is 17.3 Å². The average molecular weight is 498 g/mol. The van der Waals surface area contributed by atoms with Crippen LogP contribution in [-0.2, 0) is 4.79 Å². The lowest BCUT2D eigenvalue weighted by molar-refractivity contribution is -0.165. The first-order valence-corrected chi connectivity index (χ1v) is 12.6. The summed E-state index contributed by atoms with van der Waals surface area (Å²) in [6, 6.07) is 35.1. The van der Waals surface area contributed by atoms with Crippen LogP contribution in [0.15, 0.2) is 114 Å². The van der Waals surface area contributed by atoms with Crippen LogP contribution >= 0.6 is 11.8 Å². The molecule has 1 aliphatic heterocycles. The lowest BCUT2D eigenvalue weighted by Crippen LogP contribution is -2.61. The third kappa shape index (κ3) is 4.90. The molecule has 36 heavy (non-hydrogen) atoms. The quantitative estimate of drug-likeness (QED) is 0.194. The molecule has 1 amide bonds. The van der Waals surface area contributed by atoms with Gasteiger partial charge in [0, 0.05) is 4.90 Å². The van der Waals surface area contributed by atoms with Gasteiger partial charge in [-0.25, -0.2) is 0 Å². The van der Waals surface area contributed by atoms with Crippen LogP contribution in [0.3, 0.4) is 0 Å². The predicted octanol–water partition coefficient (Wildman–Crippen LogP) is 6.53. The molecular formula is C30H27NO4S. The molecule has 0 bridgehead atoms. The second-order valence-electron chi connectivity index (χ2n) is 8.37. The van der Waals surface area contributed by atoms with Crippen molar-refractivity contribution in [2.75, 3.05) is 14.2 Å². The van der Waals surface area contributed by atoms with E-state index >= 15 is 0 Å². The predicted molar refractivity (Wildman–Crippen MR) is 141 cm³/mol. The number of hydrogen-bond acceptors (Lipinski definition) is 5. The summed E-state index contributed by atoms with van der Waals surface area (Å²) in [4.78, 5) is 16.7. The van der Waals surface area contributed by atoms with Crippen molar-refractivity contribution in [2.45, 2.75) is 22.4 Å². The van der Waals surface area contributed by atoms with E-state index < -0.39 is 6.10 Å². The van der Waals surface area contributed by atoms with E-state index in [2.05, 4.69) is 12.1 Å². The van der Waals surface area contributed by atoms with Gasteiger partial charge in [0.15, 0.2) is 0 Å². The molecule has 0 spiro atoms. The van der Waals surface area contributed by atoms with E-state index in [4.69, 9.17) is 14.2 Å². The zero-order valence-corrected chi connectivity index (χ0v) is 20.9. The van der Waals surface area contributed by atoms with Crippen LogP contribution in [0.5, 0.6) is 17.2 Å². The minimum absolute atomic E-state index is 0.0519. The molecule has 0 saturated carbocycles. The maximum atomic E-state index is 13.7. The number of likely N-dealkylation sites (tertiary alicyclic amines) is 1. The van der Waals surface area contributed by atoms with Crippen LogP contribution in [0.25, 0.3) is 0 Å². The van der Waals surface area contributed by atoms with Gasteiger partial charge in [-0.05, 0) is 59.7 Å². The third-order valence-electron chi connectivity index (χ3n) is 6.19. The Kier molecular flexibility index (Phi) is 7.14. The summed E-state index contributed by atoms with van der Waals surface area (Å²) >= 11 is 1.64. The van der Waals surface area contributed by atoms with Crippen LogP contribution in [0.4, 0.5) is 0 Å². The monoisotopic (exact) mass is 497 g/mol. The topological polar surface area (TPSA) is 48.0 Å². The van der Waals surface area contributed by atoms with E-state index in [0.29, 0.717) is 5.75 Å². The molecular weight excluding hydrogens is 470 g/mol. The van der Waals surface area contributed by atoms with Crippen molar-refractivity contribution < 1.29 is 19.0 Å². The second kappa shape index (κ2) is 10.8. The average Bonchev–Trinajstić information content (AvgIpc) is 2.95. The summed E-state index contributed by atoms with van der Waals surface area (Å²) in [7, 11) is 3.29. The zero-order valence-electron chi connectivity index (χ0n) is 20.1. The van der Waals surface area contributed by atoms with E-state index in [1.54, 1.807) is 26.0 Å². The molecule has 182 valence electrons. The van der Waals surface area contributed by atoms with Crippen molar-refractivity contribution in [2.24, 2.45) is 0 Å². The van der Waals surface area contributed by atoms with Gasteiger partial charge in [-0.1, -0.05) is 72.4 Å². The van der Waals surface area contributed by atoms with Gasteiger partial charge in [0.2, 0.25) is 6.10 Å². The summed E-state index contributed by atoms with van der Waals surface area (Å²) in [5.74, 6) is 2.16. The fraction of sp³-hybridized carbons (Fsp3) is 0.167. The number of methoxy groups -OCH3 is 2. The molecule has 1 heterocycles. The van der Waals surface area contributed by atoms with E-state index in [1.165, 1.54) is 0 Å². The largest absolute Gasteiger partial charge is 0.497 e. The Morgan fingerprint density at radius 3 is 1.83 bits per heavy atom. The van der Waals surface area contributed by atoms with Gasteiger partial charge < -0.3 is 19.1 Å². The Morgan fingerprint density at radius 1 is 0.694 bits per heavy atom. The fourth-order valence-electron chi connectivity index (χ4n) is 4.32. The highest BCUT2D eigenvalue weighted by Gasteiger charge is 2.53. The molecule has 6 heteroatoms. The van der Waals surface area contributed by atoms with Gasteiger partial charge in [0.05, 0.1) is 14.2 Å². The summed E-state index contributed by atoms with van der Waals surface area (Å²) in [5.41, 5.74) is 2.00. The number of thioether (sulfide) groups is 1. The standard InChI is InChI=1S/C30H27NO4S/c1-33-23-17-13-21(14-18-23)27-28(35-25-9-5-3-6-10-25)29(32)31(27)30(36-26-11-7-4-8-12-26)22-15-19-24(34-2)20-16-22/h3-20,27-28,30H,1-2H3/t27-,28+,30+/m0/s1. The molecule has 0 aliphatic carbocycles. The van der Waals surface area contributed by atoms with Crippen LogP contribution in [0.1, 0.15) is 22.5 Å². The molecule has 0 radical (unpaired) electrons. The van der Waals surface area contributed by atoms with Gasteiger partial charge in [-0.2, -0.15) is 0 Å². The normalized spacial score (nSPS) is 17.7. The number of carbonyl (C=O) groups is 1. The zero-order chi connectivity index (χ0) is 24.9. The van der Waals surface area contributed by atoms with Crippen molar-refractivity contribution in [1.29, 1.82) is 0 Å². The highest BCUT2D eigenvalue weighted by atomic mass is 32.2. The van der Waals surface area contributed by atoms with Crippen molar-refractivity contribution >= 4 is 17.7 Å². The van der Waals surface area contributed by atoms with Crippen molar-refractivity contribution in [3.05, 3.63) is 120 Å². The number of benzene rings is 4. The van der Waals surface area contributed by atoms with Gasteiger partial charge >= 0.3 is 0 Å². The molecule has 5 nitrogen and oxygen atoms in total. The van der Waals surface area contributed by atoms with E-state index in [0.717, 1.165) is 27.5 Å². The van der Waals surface area contributed by atoms with Crippen molar-refractivity contribution in [3.63, 3.8) is 0 Å². The Bertz CT molecular complexity index is 1280. The molecule has 1 aliphatic rings. The maximum absolute atomic E-state index is 13.7. The van der Waals surface area contributed by atoms with Crippen molar-refractivity contribution in [3.8, 4) is 17.2 Å². The molecule has 4 aromatic carbocycles. The molecule has 0 aromatic heterocycles. The summed E-state index contributed by atoms with van der Waals surface area (Å²) in [6.07, 6.45) is -0.627. The van der Waals surface area contributed by atoms with E-state index in [9.17, 15) is 4.79 Å². The van der Waals surface area contributed by atoms with Crippen LogP contribution in [0.2, 0.25) is 0 Å². The number of β-lactam (4-membered cyclic amide) rings is 1. The minimum Gasteiger partial charge on any atom is -0.497 e. The summed E-state index contributed by atoms with van der Waals surface area (Å²) in [6.45, 7) is 0. The first-order valence-electron chi connectivity index (χ1n) is 11.7. The fourth-order valence-corrected chi connectivity index (χ4v) is 5.54. The molecule has 3 atom stereocenters. The smallest absolute Gasteiger partial charge is 0.268 e. The number of hydrogen-bond donors (Lipinski definition) is 0. The second-order valence-corrected chi connectivity index (χ2v) is 9.53. The maximum Gasteiger partial charge on any atom is 0.268 e. The number of rotatable bonds is 9. The highest BCUT2D eigenvalue weighted by molar-refractivity contribution is 7.99. The van der Waals surface area contributed by atoms with Crippen LogP contribution in [0, 0.1) is 0 Å². The molecule has 1 fully saturated rings. The first-order chi connectivity index (χ1) is 17.7. The molecule has 5 rings (SSSR count). The Balaban J connectivity index is 1.54. The third-order valence-corrected chi connectivity index (χ3v) is 7.46. The minimum atomic E-state index is -0.627. The number of carbonyl (C=O) groups excluding carboxylic acids is 1. The molecule has 1 saturated heterocycles. The highest BCUT2D eigenvalue weighted by Crippen LogP contribution is 2.49. The number of ether oxygens (including phenoxy) is 3. The van der Waals surface area contributed by atoms with Gasteiger partial charge in [-0.3, -0.25) is 4.79 Å². The molecule has 0 N–H and O–H groups in total. The van der Waals surface area contributed by atoms with Gasteiger partial charge in [-0.15, -0.1) is 0 Å². The van der Waals surface area contributed by atoms with Crippen molar-refractivity contribution in [1.82, 2.24) is 4.90 Å². The van der Waals surface area contributed by atoms with Crippen LogP contribution < -0.4 is 14.2 Å². The lowest BCUT2D eigenvalue weighted by Gasteiger charge is -2.50. The van der Waals surface area contributed by atoms with Crippen LogP contribution in [-0.4, -0.2) is 31.1 Å². The summed E-state index contributed by atoms with van der Waals surface area (Å²) < 4.78 is 17.0. The first kappa shape index (κ1) is 23.8. The number of nitrogens with zero attached hydrogens (tertiary/aromatic N) is 1. The lowest BCUT2D eigenvalue weighted by atomic mass is 9.89. The van der Waals surface area contributed by atoms with Gasteiger partial charge in [0.1, 0.15) is 28.7 Å². The summed E-state index contributed by atoms with van der Waals surface area (Å²) in [5, 5.41) is -0.256. The molecule has 0 unspecified atom stereocenters. The molecule has 4 aromatic rings. The SMILES string of the molecule is COc1ccc([C@@H](Sc2ccccc2)N2C(=O)[C@H](Oc3ccccc3)[C@@H]2c2ccc(OC)cc2)cc1. The number of amides is 1. The van der Waals surface area contributed by atoms with Gasteiger partial charge in [0.25, 0.3) is 5.91 Å². The van der Waals surface area contributed by atoms with E-state index in [1.807, 2.05) is 102 Å².